The number of aryl methyl sites for hydroxylation is 2. The number of nitrogens with zero attached hydrogens (tertiary/aromatic N) is 1. The van der Waals surface area contributed by atoms with Crippen LogP contribution in [0.1, 0.15) is 50.7 Å². The van der Waals surface area contributed by atoms with E-state index in [-0.39, 0.29) is 17.3 Å². The van der Waals surface area contributed by atoms with Crippen molar-refractivity contribution in [3.63, 3.8) is 0 Å². The van der Waals surface area contributed by atoms with Crippen molar-refractivity contribution in [1.29, 1.82) is 0 Å². The molecule has 0 bridgehead atoms. The number of carbonyl (C=O) groups is 1. The Hall–Kier alpha value is -2.05. The van der Waals surface area contributed by atoms with Crippen molar-refractivity contribution in [1.82, 2.24) is 5.32 Å². The van der Waals surface area contributed by atoms with Gasteiger partial charge in [0.15, 0.2) is 0 Å². The maximum absolute atomic E-state index is 13.4. The van der Waals surface area contributed by atoms with Gasteiger partial charge in [0.25, 0.3) is 10.0 Å². The molecule has 0 aromatic heterocycles. The second-order valence-corrected chi connectivity index (χ2v) is 10.2. The zero-order valence-electron chi connectivity index (χ0n) is 18.8. The summed E-state index contributed by atoms with van der Waals surface area (Å²) in [5.74, 6) is 0.0576. The van der Waals surface area contributed by atoms with Crippen LogP contribution in [0.15, 0.2) is 47.4 Å². The van der Waals surface area contributed by atoms with E-state index in [0.717, 1.165) is 41.1 Å². The summed E-state index contributed by atoms with van der Waals surface area (Å²) < 4.78 is 28.0. The molecule has 1 atom stereocenters. The van der Waals surface area contributed by atoms with Gasteiger partial charge in [-0.1, -0.05) is 68.5 Å². The van der Waals surface area contributed by atoms with Crippen LogP contribution in [-0.2, 0) is 14.8 Å². The van der Waals surface area contributed by atoms with E-state index in [1.54, 1.807) is 42.5 Å². The molecule has 31 heavy (non-hydrogen) atoms. The van der Waals surface area contributed by atoms with Crippen molar-refractivity contribution >= 4 is 33.2 Å². The average Bonchev–Trinajstić information content (AvgIpc) is 2.74. The van der Waals surface area contributed by atoms with Crippen molar-refractivity contribution < 1.29 is 13.2 Å². The summed E-state index contributed by atoms with van der Waals surface area (Å²) in [5.41, 5.74) is 2.16. The molecular formula is C24H33ClN2O3S. The minimum Gasteiger partial charge on any atom is -0.354 e. The summed E-state index contributed by atoms with van der Waals surface area (Å²) in [6.07, 6.45) is 4.25. The lowest BCUT2D eigenvalue weighted by Gasteiger charge is -2.25. The molecule has 0 aliphatic carbocycles. The topological polar surface area (TPSA) is 66.5 Å². The van der Waals surface area contributed by atoms with E-state index in [1.807, 2.05) is 13.8 Å². The van der Waals surface area contributed by atoms with Gasteiger partial charge in [0, 0.05) is 11.6 Å². The zero-order valence-corrected chi connectivity index (χ0v) is 20.4. The number of hydrogen-bond acceptors (Lipinski definition) is 3. The van der Waals surface area contributed by atoms with Crippen LogP contribution >= 0.6 is 11.6 Å². The number of rotatable bonds is 11. The van der Waals surface area contributed by atoms with Crippen LogP contribution in [0.5, 0.6) is 0 Å². The molecule has 1 N–H and O–H groups in total. The molecule has 1 amide bonds. The number of carbonyl (C=O) groups excluding carboxylic acids is 1. The highest BCUT2D eigenvalue weighted by atomic mass is 35.5. The number of nitrogens with one attached hydrogen (secondary N) is 1. The molecule has 0 spiro atoms. The quantitative estimate of drug-likeness (QED) is 0.478. The Morgan fingerprint density at radius 3 is 2.35 bits per heavy atom. The van der Waals surface area contributed by atoms with Gasteiger partial charge in [-0.3, -0.25) is 9.10 Å². The maximum atomic E-state index is 13.4. The van der Waals surface area contributed by atoms with Crippen LogP contribution in [0.25, 0.3) is 0 Å². The molecular weight excluding hydrogens is 432 g/mol. The van der Waals surface area contributed by atoms with Crippen LogP contribution in [0.2, 0.25) is 5.02 Å². The van der Waals surface area contributed by atoms with Gasteiger partial charge in [-0.05, 0) is 56.0 Å². The highest BCUT2D eigenvalue weighted by molar-refractivity contribution is 7.92. The van der Waals surface area contributed by atoms with Crippen LogP contribution in [-0.4, -0.2) is 27.4 Å². The second-order valence-electron chi connectivity index (χ2n) is 7.98. The van der Waals surface area contributed by atoms with Crippen molar-refractivity contribution in [2.24, 2.45) is 5.92 Å². The van der Waals surface area contributed by atoms with Gasteiger partial charge in [0.1, 0.15) is 6.54 Å². The third-order valence-electron chi connectivity index (χ3n) is 5.47. The van der Waals surface area contributed by atoms with Gasteiger partial charge >= 0.3 is 0 Å². The fraction of sp³-hybridized carbons (Fsp3) is 0.458. The number of benzene rings is 2. The van der Waals surface area contributed by atoms with Gasteiger partial charge in [-0.25, -0.2) is 8.42 Å². The summed E-state index contributed by atoms with van der Waals surface area (Å²) in [6.45, 7) is 8.23. The standard InChI is InChI=1S/C24H33ClN2O3S/c1-5-7-8-20(6-2)16-26-24(28)17-27(21-12-11-19(4)23(25)15-21)31(29,30)22-13-9-18(3)10-14-22/h9-15,20H,5-8,16-17H2,1-4H3,(H,26,28). The minimum absolute atomic E-state index is 0.136. The van der Waals surface area contributed by atoms with E-state index < -0.39 is 10.0 Å². The number of anilines is 1. The predicted octanol–water partition coefficient (Wildman–Crippen LogP) is 5.48. The lowest BCUT2D eigenvalue weighted by Crippen LogP contribution is -2.42. The normalized spacial score (nSPS) is 12.4. The average molecular weight is 465 g/mol. The molecule has 2 rings (SSSR count). The fourth-order valence-corrected chi connectivity index (χ4v) is 4.86. The molecule has 0 saturated heterocycles. The summed E-state index contributed by atoms with van der Waals surface area (Å²) in [6, 6.07) is 11.6. The summed E-state index contributed by atoms with van der Waals surface area (Å²) in [5, 5.41) is 3.37. The molecule has 2 aromatic carbocycles. The first-order valence-electron chi connectivity index (χ1n) is 10.8. The van der Waals surface area contributed by atoms with Crippen molar-refractivity contribution in [2.45, 2.75) is 58.3 Å². The fourth-order valence-electron chi connectivity index (χ4n) is 3.28. The smallest absolute Gasteiger partial charge is 0.264 e. The van der Waals surface area contributed by atoms with Crippen LogP contribution in [0.4, 0.5) is 5.69 Å². The Labute approximate surface area is 191 Å². The van der Waals surface area contributed by atoms with Crippen molar-refractivity contribution in [3.8, 4) is 0 Å². The first-order valence-corrected chi connectivity index (χ1v) is 12.6. The lowest BCUT2D eigenvalue weighted by atomic mass is 9.99. The highest BCUT2D eigenvalue weighted by Gasteiger charge is 2.27. The molecule has 5 nitrogen and oxygen atoms in total. The Morgan fingerprint density at radius 2 is 1.77 bits per heavy atom. The van der Waals surface area contributed by atoms with Crippen LogP contribution in [0.3, 0.4) is 0 Å². The number of unbranched alkanes of at least 4 members (excludes halogenated alkanes) is 1. The van der Waals surface area contributed by atoms with Crippen molar-refractivity contribution in [2.75, 3.05) is 17.4 Å². The van der Waals surface area contributed by atoms with E-state index in [0.29, 0.717) is 23.2 Å². The van der Waals surface area contributed by atoms with Gasteiger partial charge < -0.3 is 5.32 Å². The number of amides is 1. The molecule has 0 heterocycles. The highest BCUT2D eigenvalue weighted by Crippen LogP contribution is 2.28. The molecule has 1 unspecified atom stereocenters. The Kier molecular flexibility index (Phi) is 9.38. The first kappa shape index (κ1) is 25.2. The second kappa shape index (κ2) is 11.5. The Morgan fingerprint density at radius 1 is 1.10 bits per heavy atom. The molecule has 0 aliphatic heterocycles. The predicted molar refractivity (Wildman–Crippen MR) is 128 cm³/mol. The van der Waals surface area contributed by atoms with E-state index in [4.69, 9.17) is 11.6 Å². The molecule has 0 saturated carbocycles. The minimum atomic E-state index is -3.94. The number of halogens is 1. The molecule has 170 valence electrons. The number of sulfonamides is 1. The molecule has 0 aliphatic rings. The summed E-state index contributed by atoms with van der Waals surface area (Å²) in [7, 11) is -3.94. The number of hydrogen-bond donors (Lipinski definition) is 1. The lowest BCUT2D eigenvalue weighted by molar-refractivity contribution is -0.119. The third kappa shape index (κ3) is 6.97. The van der Waals surface area contributed by atoms with Gasteiger partial charge in [-0.2, -0.15) is 0 Å². The monoisotopic (exact) mass is 464 g/mol. The van der Waals surface area contributed by atoms with Crippen LogP contribution in [0, 0.1) is 19.8 Å². The summed E-state index contributed by atoms with van der Waals surface area (Å²) >= 11 is 6.26. The van der Waals surface area contributed by atoms with Gasteiger partial charge in [0.05, 0.1) is 10.6 Å². The van der Waals surface area contributed by atoms with E-state index in [2.05, 4.69) is 19.2 Å². The van der Waals surface area contributed by atoms with E-state index in [9.17, 15) is 13.2 Å². The molecule has 2 aromatic rings. The SMILES string of the molecule is CCCCC(CC)CNC(=O)CN(c1ccc(C)c(Cl)c1)S(=O)(=O)c1ccc(C)cc1. The third-order valence-corrected chi connectivity index (χ3v) is 7.67. The molecule has 7 heteroatoms. The van der Waals surface area contributed by atoms with Gasteiger partial charge in [0.2, 0.25) is 5.91 Å². The Bertz CT molecular complexity index is 975. The first-order chi connectivity index (χ1) is 14.7. The van der Waals surface area contributed by atoms with E-state index in [1.165, 1.54) is 0 Å². The maximum Gasteiger partial charge on any atom is 0.264 e. The molecule has 0 fully saturated rings. The van der Waals surface area contributed by atoms with Crippen molar-refractivity contribution in [3.05, 3.63) is 58.6 Å². The molecule has 0 radical (unpaired) electrons. The van der Waals surface area contributed by atoms with Gasteiger partial charge in [-0.15, -0.1) is 0 Å². The van der Waals surface area contributed by atoms with E-state index >= 15 is 0 Å². The largest absolute Gasteiger partial charge is 0.354 e. The zero-order chi connectivity index (χ0) is 23.0. The summed E-state index contributed by atoms with van der Waals surface area (Å²) in [4.78, 5) is 12.9. The van der Waals surface area contributed by atoms with Crippen LogP contribution < -0.4 is 9.62 Å². The Balaban J connectivity index is 2.29.